The van der Waals surface area contributed by atoms with Crippen LogP contribution in [-0.4, -0.2) is 75.3 Å². The molecule has 1 heterocycles. The van der Waals surface area contributed by atoms with Crippen LogP contribution < -0.4 is 5.32 Å². The Bertz CT molecular complexity index is 204. The van der Waals surface area contributed by atoms with Gasteiger partial charge in [-0.05, 0) is 26.9 Å². The zero-order valence-electron chi connectivity index (χ0n) is 11.2. The van der Waals surface area contributed by atoms with Gasteiger partial charge in [0.1, 0.15) is 0 Å². The summed E-state index contributed by atoms with van der Waals surface area (Å²) in [6, 6.07) is 0.506. The van der Waals surface area contributed by atoms with Crippen molar-refractivity contribution in [3.63, 3.8) is 0 Å². The summed E-state index contributed by atoms with van der Waals surface area (Å²) < 4.78 is 10.4. The first-order valence-corrected chi connectivity index (χ1v) is 6.32. The minimum Gasteiger partial charge on any atom is -0.389 e. The lowest BCUT2D eigenvalue weighted by Gasteiger charge is -2.18. The molecule has 0 aromatic rings. The third-order valence-electron chi connectivity index (χ3n) is 3.01. The van der Waals surface area contributed by atoms with Gasteiger partial charge < -0.3 is 24.8 Å². The van der Waals surface area contributed by atoms with E-state index in [2.05, 4.69) is 17.3 Å². The molecule has 0 saturated carbocycles. The van der Waals surface area contributed by atoms with Crippen LogP contribution in [0.15, 0.2) is 0 Å². The maximum atomic E-state index is 9.75. The summed E-state index contributed by atoms with van der Waals surface area (Å²) >= 11 is 0. The van der Waals surface area contributed by atoms with Crippen LogP contribution in [-0.2, 0) is 9.47 Å². The van der Waals surface area contributed by atoms with Crippen molar-refractivity contribution in [1.29, 1.82) is 0 Å². The number of ether oxygens (including phenoxy) is 2. The number of likely N-dealkylation sites (N-methyl/N-ethyl adjacent to an activating group) is 1. The molecule has 1 rings (SSSR count). The highest BCUT2D eigenvalue weighted by atomic mass is 16.5. The molecule has 0 aromatic heterocycles. The van der Waals surface area contributed by atoms with E-state index in [1.54, 1.807) is 7.11 Å². The molecule has 1 fully saturated rings. The molecule has 0 aromatic carbocycles. The van der Waals surface area contributed by atoms with Crippen molar-refractivity contribution in [3.8, 4) is 0 Å². The Morgan fingerprint density at radius 3 is 2.82 bits per heavy atom. The van der Waals surface area contributed by atoms with Crippen molar-refractivity contribution in [2.45, 2.75) is 31.6 Å². The van der Waals surface area contributed by atoms with E-state index < -0.39 is 6.10 Å². The number of rotatable bonds is 8. The van der Waals surface area contributed by atoms with Crippen molar-refractivity contribution in [1.82, 2.24) is 10.2 Å². The largest absolute Gasteiger partial charge is 0.389 e. The number of aliphatic hydroxyl groups excluding tert-OH is 1. The van der Waals surface area contributed by atoms with Gasteiger partial charge >= 0.3 is 0 Å². The van der Waals surface area contributed by atoms with E-state index in [9.17, 15) is 5.11 Å². The van der Waals surface area contributed by atoms with Gasteiger partial charge in [-0.1, -0.05) is 0 Å². The second-order valence-corrected chi connectivity index (χ2v) is 4.91. The first-order valence-electron chi connectivity index (χ1n) is 6.32. The molecule has 1 saturated heterocycles. The Hall–Kier alpha value is -0.200. The second-order valence-electron chi connectivity index (χ2n) is 4.91. The molecule has 2 N–H and O–H groups in total. The molecule has 0 amide bonds. The van der Waals surface area contributed by atoms with Gasteiger partial charge in [-0.15, -0.1) is 0 Å². The summed E-state index contributed by atoms with van der Waals surface area (Å²) in [5.41, 5.74) is 0. The molecule has 1 aliphatic heterocycles. The molecule has 102 valence electrons. The van der Waals surface area contributed by atoms with Crippen molar-refractivity contribution in [2.75, 3.05) is 47.0 Å². The molecule has 0 aliphatic carbocycles. The molecule has 5 heteroatoms. The quantitative estimate of drug-likeness (QED) is 0.615. The van der Waals surface area contributed by atoms with Gasteiger partial charge in [-0.3, -0.25) is 0 Å². The predicted molar refractivity (Wildman–Crippen MR) is 67.2 cm³/mol. The third kappa shape index (κ3) is 6.33. The number of hydrogen-bond acceptors (Lipinski definition) is 5. The fourth-order valence-corrected chi connectivity index (χ4v) is 2.02. The molecular weight excluding hydrogens is 220 g/mol. The van der Waals surface area contributed by atoms with E-state index in [1.807, 2.05) is 6.92 Å². The minimum absolute atomic E-state index is 0.0345. The van der Waals surface area contributed by atoms with E-state index in [-0.39, 0.29) is 6.10 Å². The smallest absolute Gasteiger partial charge is 0.0897 e. The Balaban J connectivity index is 2.02. The Morgan fingerprint density at radius 2 is 2.24 bits per heavy atom. The summed E-state index contributed by atoms with van der Waals surface area (Å²) in [6.07, 6.45) is 0.747. The highest BCUT2D eigenvalue weighted by molar-refractivity contribution is 4.79. The van der Waals surface area contributed by atoms with Crippen LogP contribution in [0, 0.1) is 0 Å². The Morgan fingerprint density at radius 1 is 1.47 bits per heavy atom. The molecule has 5 nitrogen and oxygen atoms in total. The van der Waals surface area contributed by atoms with Crippen molar-refractivity contribution < 1.29 is 14.6 Å². The number of likely N-dealkylation sites (tertiary alicyclic amines) is 1. The SMILES string of the molecule is COCC(C)OCC(O)CNC1CCN(C)C1. The van der Waals surface area contributed by atoms with Crippen LogP contribution in [0.1, 0.15) is 13.3 Å². The number of aliphatic hydroxyl groups is 1. The lowest BCUT2D eigenvalue weighted by atomic mass is 10.2. The summed E-state index contributed by atoms with van der Waals surface area (Å²) in [6.45, 7) is 5.66. The molecule has 3 atom stereocenters. The van der Waals surface area contributed by atoms with E-state index in [0.29, 0.717) is 25.8 Å². The van der Waals surface area contributed by atoms with E-state index in [0.717, 1.165) is 19.5 Å². The number of nitrogens with zero attached hydrogens (tertiary/aromatic N) is 1. The Kier molecular flexibility index (Phi) is 6.99. The summed E-state index contributed by atoms with van der Waals surface area (Å²) in [7, 11) is 3.77. The van der Waals surface area contributed by atoms with Crippen LogP contribution in [0.4, 0.5) is 0 Å². The number of methoxy groups -OCH3 is 1. The Labute approximate surface area is 104 Å². The van der Waals surface area contributed by atoms with Crippen molar-refractivity contribution in [2.24, 2.45) is 0 Å². The predicted octanol–water partition coefficient (Wildman–Crippen LogP) is -0.307. The first-order chi connectivity index (χ1) is 8.11. The van der Waals surface area contributed by atoms with Gasteiger partial charge in [-0.2, -0.15) is 0 Å². The second kappa shape index (κ2) is 8.00. The maximum Gasteiger partial charge on any atom is 0.0897 e. The average molecular weight is 246 g/mol. The van der Waals surface area contributed by atoms with Gasteiger partial charge in [-0.25, -0.2) is 0 Å². The standard InChI is InChI=1S/C12H26N2O3/c1-10(8-16-3)17-9-12(15)6-13-11-4-5-14(2)7-11/h10-13,15H,4-9H2,1-3H3. The molecular formula is C12H26N2O3. The number of hydrogen-bond donors (Lipinski definition) is 2. The normalized spacial score (nSPS) is 25.1. The van der Waals surface area contributed by atoms with Crippen molar-refractivity contribution in [3.05, 3.63) is 0 Å². The molecule has 3 unspecified atom stereocenters. The van der Waals surface area contributed by atoms with E-state index >= 15 is 0 Å². The van der Waals surface area contributed by atoms with Crippen LogP contribution in [0.2, 0.25) is 0 Å². The van der Waals surface area contributed by atoms with E-state index in [4.69, 9.17) is 9.47 Å². The van der Waals surface area contributed by atoms with Gasteiger partial charge in [0.2, 0.25) is 0 Å². The lowest BCUT2D eigenvalue weighted by Crippen LogP contribution is -2.39. The fraction of sp³-hybridized carbons (Fsp3) is 1.00. The van der Waals surface area contributed by atoms with Crippen LogP contribution in [0.25, 0.3) is 0 Å². The molecule has 1 aliphatic rings. The van der Waals surface area contributed by atoms with Crippen LogP contribution in [0.3, 0.4) is 0 Å². The van der Waals surface area contributed by atoms with E-state index in [1.165, 1.54) is 0 Å². The van der Waals surface area contributed by atoms with Crippen LogP contribution in [0.5, 0.6) is 0 Å². The third-order valence-corrected chi connectivity index (χ3v) is 3.01. The summed E-state index contributed by atoms with van der Waals surface area (Å²) in [5, 5.41) is 13.1. The zero-order chi connectivity index (χ0) is 12.7. The minimum atomic E-state index is -0.444. The molecule has 17 heavy (non-hydrogen) atoms. The van der Waals surface area contributed by atoms with Crippen LogP contribution >= 0.6 is 0 Å². The number of nitrogens with one attached hydrogen (secondary N) is 1. The fourth-order valence-electron chi connectivity index (χ4n) is 2.02. The average Bonchev–Trinajstić information content (AvgIpc) is 2.70. The highest BCUT2D eigenvalue weighted by Gasteiger charge is 2.19. The summed E-state index contributed by atoms with van der Waals surface area (Å²) in [4.78, 5) is 2.29. The monoisotopic (exact) mass is 246 g/mol. The maximum absolute atomic E-state index is 9.75. The van der Waals surface area contributed by atoms with Gasteiger partial charge in [0.05, 0.1) is 25.4 Å². The highest BCUT2D eigenvalue weighted by Crippen LogP contribution is 2.05. The van der Waals surface area contributed by atoms with Gasteiger partial charge in [0.15, 0.2) is 0 Å². The first kappa shape index (κ1) is 14.9. The molecule has 0 spiro atoms. The van der Waals surface area contributed by atoms with Gasteiger partial charge in [0.25, 0.3) is 0 Å². The lowest BCUT2D eigenvalue weighted by molar-refractivity contribution is -0.0315. The summed E-state index contributed by atoms with van der Waals surface area (Å²) in [5.74, 6) is 0. The topological polar surface area (TPSA) is 54.0 Å². The molecule has 0 bridgehead atoms. The zero-order valence-corrected chi connectivity index (χ0v) is 11.2. The van der Waals surface area contributed by atoms with Crippen molar-refractivity contribution >= 4 is 0 Å². The molecule has 0 radical (unpaired) electrons. The van der Waals surface area contributed by atoms with Gasteiger partial charge in [0, 0.05) is 26.2 Å².